The zero-order valence-electron chi connectivity index (χ0n) is 8.29. The summed E-state index contributed by atoms with van der Waals surface area (Å²) in [7, 11) is 0. The van der Waals surface area contributed by atoms with E-state index >= 15 is 0 Å². The summed E-state index contributed by atoms with van der Waals surface area (Å²) in [5, 5.41) is 0. The first-order chi connectivity index (χ1) is 5.74. The molecule has 0 amide bonds. The van der Waals surface area contributed by atoms with E-state index < -0.39 is 0 Å². The van der Waals surface area contributed by atoms with Crippen molar-refractivity contribution in [2.45, 2.75) is 36.1 Å². The maximum Gasteiger partial charge on any atom is -0.0470 e. The average Bonchev–Trinajstić information content (AvgIpc) is 2.18. The SMILES string of the molecule is C.C.C.C/C=C\C.C=CC=C.C=CC=C. The van der Waals surface area contributed by atoms with Gasteiger partial charge in [0.2, 0.25) is 0 Å². The van der Waals surface area contributed by atoms with E-state index in [-0.39, 0.29) is 22.3 Å². The minimum absolute atomic E-state index is 0. The van der Waals surface area contributed by atoms with Gasteiger partial charge in [-0.2, -0.15) is 0 Å². The lowest BCUT2D eigenvalue weighted by Gasteiger charge is -1.49. The highest BCUT2D eigenvalue weighted by molar-refractivity contribution is 4.88. The molecule has 0 aromatic carbocycles. The van der Waals surface area contributed by atoms with Crippen LogP contribution in [0.4, 0.5) is 0 Å². The highest BCUT2D eigenvalue weighted by atomic mass is 13.4. The predicted octanol–water partition coefficient (Wildman–Crippen LogP) is 6.21. The second kappa shape index (κ2) is 78.7. The minimum Gasteiger partial charge on any atom is -0.0991 e. The van der Waals surface area contributed by atoms with E-state index in [1.807, 2.05) is 26.0 Å². The number of rotatable bonds is 2. The molecule has 0 atom stereocenters. The predicted molar refractivity (Wildman–Crippen MR) is 81.5 cm³/mol. The second-order valence-corrected chi connectivity index (χ2v) is 1.61. The van der Waals surface area contributed by atoms with Crippen molar-refractivity contribution in [3.05, 3.63) is 62.8 Å². The molecule has 0 bridgehead atoms. The van der Waals surface area contributed by atoms with Gasteiger partial charge in [0.05, 0.1) is 0 Å². The van der Waals surface area contributed by atoms with Crippen LogP contribution in [0.2, 0.25) is 0 Å². The van der Waals surface area contributed by atoms with Crippen molar-refractivity contribution in [2.24, 2.45) is 0 Å². The van der Waals surface area contributed by atoms with Crippen molar-refractivity contribution in [2.75, 3.05) is 0 Å². The fourth-order valence-electron chi connectivity index (χ4n) is 0. The van der Waals surface area contributed by atoms with Crippen molar-refractivity contribution >= 4 is 0 Å². The van der Waals surface area contributed by atoms with Gasteiger partial charge in [0.1, 0.15) is 0 Å². The van der Waals surface area contributed by atoms with Crippen LogP contribution in [0.15, 0.2) is 62.8 Å². The quantitative estimate of drug-likeness (QED) is 0.377. The molecule has 0 heteroatoms. The Bertz CT molecular complexity index is 99.0. The van der Waals surface area contributed by atoms with Crippen LogP contribution in [0.25, 0.3) is 0 Å². The molecule has 0 aromatic rings. The molecule has 0 aliphatic rings. The Morgan fingerprint density at radius 2 is 0.667 bits per heavy atom. The molecule has 0 fully saturated rings. The van der Waals surface area contributed by atoms with Crippen LogP contribution in [-0.2, 0) is 0 Å². The fourth-order valence-corrected chi connectivity index (χ4v) is 0. The molecule has 15 heavy (non-hydrogen) atoms. The summed E-state index contributed by atoms with van der Waals surface area (Å²) >= 11 is 0. The zero-order valence-corrected chi connectivity index (χ0v) is 8.29. The van der Waals surface area contributed by atoms with E-state index in [0.29, 0.717) is 0 Å². The molecule has 0 aliphatic heterocycles. The van der Waals surface area contributed by atoms with E-state index in [9.17, 15) is 0 Å². The number of allylic oxidation sites excluding steroid dienone is 6. The summed E-state index contributed by atoms with van der Waals surface area (Å²) in [6.07, 6.45) is 10.6. The van der Waals surface area contributed by atoms with E-state index in [4.69, 9.17) is 0 Å². The third-order valence-electron chi connectivity index (χ3n) is 0.667. The Kier molecular flexibility index (Phi) is 196. The van der Waals surface area contributed by atoms with Gasteiger partial charge in [0.15, 0.2) is 0 Å². The second-order valence-electron chi connectivity index (χ2n) is 1.61. The van der Waals surface area contributed by atoms with E-state index in [1.165, 1.54) is 0 Å². The summed E-state index contributed by atoms with van der Waals surface area (Å²) < 4.78 is 0. The van der Waals surface area contributed by atoms with Crippen molar-refractivity contribution < 1.29 is 0 Å². The first-order valence-electron chi connectivity index (χ1n) is 3.79. The molecule has 0 heterocycles. The summed E-state index contributed by atoms with van der Waals surface area (Å²) in [5.74, 6) is 0. The van der Waals surface area contributed by atoms with E-state index in [1.54, 1.807) is 24.3 Å². The van der Waals surface area contributed by atoms with Crippen LogP contribution in [0.3, 0.4) is 0 Å². The number of hydrogen-bond donors (Lipinski definition) is 0. The standard InChI is InChI=1S/C4H8.2C4H6.3CH4/c3*1-3-4-2;;;/h3-4H,1-2H3;2*3-4H,1-2H2;3*1H4/b4-3-;;;;;. The van der Waals surface area contributed by atoms with Gasteiger partial charge in [-0.15, -0.1) is 0 Å². The molecule has 0 rings (SSSR count). The molecule has 0 aliphatic carbocycles. The molecule has 0 nitrogen and oxygen atoms in total. The van der Waals surface area contributed by atoms with Gasteiger partial charge >= 0.3 is 0 Å². The molecular weight excluding hydrogens is 180 g/mol. The Morgan fingerprint density at radius 3 is 0.667 bits per heavy atom. The molecule has 92 valence electrons. The van der Waals surface area contributed by atoms with Crippen molar-refractivity contribution in [3.63, 3.8) is 0 Å². The average molecular weight is 212 g/mol. The molecule has 0 unspecified atom stereocenters. The van der Waals surface area contributed by atoms with Crippen molar-refractivity contribution in [1.82, 2.24) is 0 Å². The lowest BCUT2D eigenvalue weighted by atomic mass is 10.6. The van der Waals surface area contributed by atoms with Gasteiger partial charge in [0.25, 0.3) is 0 Å². The van der Waals surface area contributed by atoms with Crippen LogP contribution in [-0.4, -0.2) is 0 Å². The van der Waals surface area contributed by atoms with Gasteiger partial charge in [-0.3, -0.25) is 0 Å². The molecule has 0 saturated heterocycles. The van der Waals surface area contributed by atoms with Crippen LogP contribution in [0, 0.1) is 0 Å². The van der Waals surface area contributed by atoms with Gasteiger partial charge in [-0.1, -0.05) is 85.1 Å². The first kappa shape index (κ1) is 37.3. The van der Waals surface area contributed by atoms with E-state index in [0.717, 1.165) is 0 Å². The molecule has 0 N–H and O–H groups in total. The maximum atomic E-state index is 3.36. The van der Waals surface area contributed by atoms with E-state index in [2.05, 4.69) is 26.3 Å². The largest absolute Gasteiger partial charge is 0.0991 e. The van der Waals surface area contributed by atoms with Crippen molar-refractivity contribution in [1.29, 1.82) is 0 Å². The summed E-state index contributed by atoms with van der Waals surface area (Å²) in [4.78, 5) is 0. The molecule has 0 spiro atoms. The monoisotopic (exact) mass is 212 g/mol. The lowest BCUT2D eigenvalue weighted by molar-refractivity contribution is 1.64. The van der Waals surface area contributed by atoms with Crippen molar-refractivity contribution in [3.8, 4) is 0 Å². The molecular formula is C15H32. The fraction of sp³-hybridized carbons (Fsp3) is 0.333. The highest BCUT2D eigenvalue weighted by Gasteiger charge is 1.34. The first-order valence-corrected chi connectivity index (χ1v) is 3.79. The van der Waals surface area contributed by atoms with Crippen LogP contribution in [0.5, 0.6) is 0 Å². The van der Waals surface area contributed by atoms with Gasteiger partial charge in [0, 0.05) is 0 Å². The Hall–Kier alpha value is -1.30. The minimum atomic E-state index is 0. The Labute approximate surface area is 99.4 Å². The maximum absolute atomic E-state index is 3.36. The third kappa shape index (κ3) is 503. The van der Waals surface area contributed by atoms with Gasteiger partial charge in [-0.25, -0.2) is 0 Å². The molecule has 0 saturated carbocycles. The van der Waals surface area contributed by atoms with Crippen LogP contribution >= 0.6 is 0 Å². The Balaban J connectivity index is -0.0000000184. The lowest BCUT2D eigenvalue weighted by Crippen LogP contribution is -1.26. The normalized spacial score (nSPS) is 5.20. The van der Waals surface area contributed by atoms with Crippen LogP contribution < -0.4 is 0 Å². The molecule has 0 aromatic heterocycles. The smallest absolute Gasteiger partial charge is 0.0470 e. The Morgan fingerprint density at radius 1 is 0.533 bits per heavy atom. The van der Waals surface area contributed by atoms with Crippen LogP contribution in [0.1, 0.15) is 36.1 Å². The van der Waals surface area contributed by atoms with Gasteiger partial charge < -0.3 is 0 Å². The molecule has 0 radical (unpaired) electrons. The summed E-state index contributed by atoms with van der Waals surface area (Å²) in [5.41, 5.74) is 0. The van der Waals surface area contributed by atoms with Gasteiger partial charge in [-0.05, 0) is 13.8 Å². The zero-order chi connectivity index (χ0) is 10.2. The third-order valence-corrected chi connectivity index (χ3v) is 0.667. The summed E-state index contributed by atoms with van der Waals surface area (Å²) in [6, 6.07) is 0. The topological polar surface area (TPSA) is 0 Å². The summed E-state index contributed by atoms with van der Waals surface area (Å²) in [6.45, 7) is 17.4. The number of hydrogen-bond acceptors (Lipinski definition) is 0. The highest BCUT2D eigenvalue weighted by Crippen LogP contribution is 1.57.